The van der Waals surface area contributed by atoms with Gasteiger partial charge in [0, 0.05) is 6.07 Å². The van der Waals surface area contributed by atoms with Crippen LogP contribution in [0.5, 0.6) is 5.75 Å². The number of carbonyl (C=O) groups is 2. The number of aryl methyl sites for hydroxylation is 3. The van der Waals surface area contributed by atoms with Crippen molar-refractivity contribution in [1.82, 2.24) is 9.78 Å². The zero-order valence-electron chi connectivity index (χ0n) is 16.8. The summed E-state index contributed by atoms with van der Waals surface area (Å²) in [5.74, 6) is 0.102. The number of para-hydroxylation sites is 1. The first-order chi connectivity index (χ1) is 14.6. The lowest BCUT2D eigenvalue weighted by molar-refractivity contribution is -0.149. The number of benzene rings is 2. The molecule has 1 aliphatic carbocycles. The van der Waals surface area contributed by atoms with Crippen molar-refractivity contribution in [3.05, 3.63) is 71.4 Å². The molecule has 1 heterocycles. The molecule has 154 valence electrons. The number of ether oxygens (including phenoxy) is 2. The van der Waals surface area contributed by atoms with Gasteiger partial charge in [-0.15, -0.1) is 0 Å². The van der Waals surface area contributed by atoms with Gasteiger partial charge in [0.1, 0.15) is 11.6 Å². The minimum Gasteiger partial charge on any atom is -0.482 e. The van der Waals surface area contributed by atoms with E-state index in [9.17, 15) is 9.59 Å². The van der Waals surface area contributed by atoms with E-state index in [0.717, 1.165) is 30.6 Å². The van der Waals surface area contributed by atoms with E-state index < -0.39 is 18.5 Å². The summed E-state index contributed by atoms with van der Waals surface area (Å²) in [6.45, 7) is 1.20. The number of rotatable bonds is 7. The molecule has 0 saturated heterocycles. The molecule has 0 unspecified atom stereocenters. The van der Waals surface area contributed by atoms with E-state index in [1.54, 1.807) is 10.7 Å². The van der Waals surface area contributed by atoms with Crippen LogP contribution in [-0.4, -0.2) is 34.9 Å². The van der Waals surface area contributed by atoms with Crippen molar-refractivity contribution in [2.45, 2.75) is 26.2 Å². The summed E-state index contributed by atoms with van der Waals surface area (Å²) in [5.41, 5.74) is 4.19. The number of hydrogen-bond donors (Lipinski definition) is 1. The fraction of sp³-hybridized carbons (Fsp3) is 0.261. The third-order valence-electron chi connectivity index (χ3n) is 4.89. The van der Waals surface area contributed by atoms with Gasteiger partial charge in [-0.1, -0.05) is 24.3 Å². The van der Waals surface area contributed by atoms with Crippen LogP contribution in [0.4, 0.5) is 5.82 Å². The Balaban J connectivity index is 1.27. The SMILES string of the molecule is Cc1cc(NC(=O)COC(=O)COc2ccc3c(c2)CCC3)n(-c2ccccc2)n1. The average Bonchev–Trinajstić information content (AvgIpc) is 3.37. The van der Waals surface area contributed by atoms with Gasteiger partial charge in [-0.05, 0) is 61.6 Å². The van der Waals surface area contributed by atoms with Crippen molar-refractivity contribution in [3.8, 4) is 11.4 Å². The number of esters is 1. The fourth-order valence-electron chi connectivity index (χ4n) is 3.50. The molecule has 1 aliphatic rings. The number of nitrogens with one attached hydrogen (secondary N) is 1. The Kier molecular flexibility index (Phi) is 5.79. The molecule has 7 heteroatoms. The van der Waals surface area contributed by atoms with Gasteiger partial charge in [-0.3, -0.25) is 4.79 Å². The van der Waals surface area contributed by atoms with Crippen LogP contribution in [-0.2, 0) is 27.2 Å². The number of hydrogen-bond acceptors (Lipinski definition) is 5. The van der Waals surface area contributed by atoms with Crippen molar-refractivity contribution in [2.75, 3.05) is 18.5 Å². The van der Waals surface area contributed by atoms with Crippen molar-refractivity contribution in [3.63, 3.8) is 0 Å². The maximum absolute atomic E-state index is 12.2. The molecule has 1 N–H and O–H groups in total. The normalized spacial score (nSPS) is 12.3. The zero-order chi connectivity index (χ0) is 20.9. The predicted octanol–water partition coefficient (Wildman–Crippen LogP) is 3.23. The van der Waals surface area contributed by atoms with Gasteiger partial charge in [0.2, 0.25) is 0 Å². The van der Waals surface area contributed by atoms with Crippen molar-refractivity contribution < 1.29 is 19.1 Å². The molecule has 0 spiro atoms. The largest absolute Gasteiger partial charge is 0.482 e. The standard InChI is InChI=1S/C23H23N3O4/c1-16-12-21(26(25-16)19-8-3-2-4-9-19)24-22(27)14-30-23(28)15-29-20-11-10-17-6-5-7-18(17)13-20/h2-4,8-13H,5-7,14-15H2,1H3,(H,24,27). The van der Waals surface area contributed by atoms with Gasteiger partial charge in [0.25, 0.3) is 5.91 Å². The van der Waals surface area contributed by atoms with Crippen molar-refractivity contribution >= 4 is 17.7 Å². The highest BCUT2D eigenvalue weighted by Gasteiger charge is 2.14. The lowest BCUT2D eigenvalue weighted by atomic mass is 10.1. The molecule has 0 atom stereocenters. The second kappa shape index (κ2) is 8.82. The van der Waals surface area contributed by atoms with Gasteiger partial charge in [-0.2, -0.15) is 5.10 Å². The van der Waals surface area contributed by atoms with E-state index in [-0.39, 0.29) is 6.61 Å². The second-order valence-corrected chi connectivity index (χ2v) is 7.20. The lowest BCUT2D eigenvalue weighted by Crippen LogP contribution is -2.24. The van der Waals surface area contributed by atoms with Crippen LogP contribution in [0.3, 0.4) is 0 Å². The van der Waals surface area contributed by atoms with Crippen LogP contribution < -0.4 is 10.1 Å². The molecular formula is C23H23N3O4. The fourth-order valence-corrected chi connectivity index (χ4v) is 3.50. The molecule has 0 saturated carbocycles. The van der Waals surface area contributed by atoms with Gasteiger partial charge in [-0.25, -0.2) is 9.48 Å². The lowest BCUT2D eigenvalue weighted by Gasteiger charge is -2.10. The molecule has 30 heavy (non-hydrogen) atoms. The van der Waals surface area contributed by atoms with Crippen LogP contribution in [0, 0.1) is 6.92 Å². The van der Waals surface area contributed by atoms with Crippen molar-refractivity contribution in [1.29, 1.82) is 0 Å². The monoisotopic (exact) mass is 405 g/mol. The quantitative estimate of drug-likeness (QED) is 0.611. The molecule has 1 amide bonds. The molecule has 4 rings (SSSR count). The minimum absolute atomic E-state index is 0.243. The van der Waals surface area contributed by atoms with Crippen LogP contribution in [0.25, 0.3) is 5.69 Å². The Bertz CT molecular complexity index is 1060. The smallest absolute Gasteiger partial charge is 0.344 e. The maximum Gasteiger partial charge on any atom is 0.344 e. The Labute approximate surface area is 174 Å². The first kappa shape index (κ1) is 19.7. The third kappa shape index (κ3) is 4.68. The Hall–Kier alpha value is -3.61. The van der Waals surface area contributed by atoms with E-state index in [4.69, 9.17) is 9.47 Å². The minimum atomic E-state index is -0.599. The Morgan fingerprint density at radius 2 is 1.83 bits per heavy atom. The van der Waals surface area contributed by atoms with Crippen molar-refractivity contribution in [2.24, 2.45) is 0 Å². The first-order valence-electron chi connectivity index (χ1n) is 9.90. The third-order valence-corrected chi connectivity index (χ3v) is 4.89. The molecule has 3 aromatic rings. The summed E-state index contributed by atoms with van der Waals surface area (Å²) in [6, 6.07) is 17.1. The van der Waals surface area contributed by atoms with Crippen LogP contribution in [0.1, 0.15) is 23.2 Å². The molecule has 7 nitrogen and oxygen atoms in total. The van der Waals surface area contributed by atoms with Gasteiger partial charge in [0.15, 0.2) is 13.2 Å². The van der Waals surface area contributed by atoms with Gasteiger partial charge >= 0.3 is 5.97 Å². The average molecular weight is 405 g/mol. The molecular weight excluding hydrogens is 382 g/mol. The summed E-state index contributed by atoms with van der Waals surface area (Å²) in [6.07, 6.45) is 3.28. The molecule has 2 aromatic carbocycles. The maximum atomic E-state index is 12.2. The van der Waals surface area contributed by atoms with E-state index in [1.165, 1.54) is 11.1 Å². The van der Waals surface area contributed by atoms with E-state index in [0.29, 0.717) is 11.6 Å². The number of fused-ring (bicyclic) bond motifs is 1. The molecule has 0 radical (unpaired) electrons. The highest BCUT2D eigenvalue weighted by molar-refractivity contribution is 5.92. The summed E-state index contributed by atoms with van der Waals surface area (Å²) >= 11 is 0. The van der Waals surface area contributed by atoms with Crippen LogP contribution in [0.2, 0.25) is 0 Å². The number of nitrogens with zero attached hydrogens (tertiary/aromatic N) is 2. The number of anilines is 1. The highest BCUT2D eigenvalue weighted by atomic mass is 16.6. The molecule has 0 fully saturated rings. The zero-order valence-corrected chi connectivity index (χ0v) is 16.8. The van der Waals surface area contributed by atoms with Gasteiger partial charge in [0.05, 0.1) is 11.4 Å². The van der Waals surface area contributed by atoms with E-state index >= 15 is 0 Å². The summed E-state index contributed by atoms with van der Waals surface area (Å²) in [7, 11) is 0. The number of aromatic nitrogens is 2. The molecule has 0 aliphatic heterocycles. The topological polar surface area (TPSA) is 82.5 Å². The summed E-state index contributed by atoms with van der Waals surface area (Å²) < 4.78 is 12.2. The van der Waals surface area contributed by atoms with Gasteiger partial charge < -0.3 is 14.8 Å². The highest BCUT2D eigenvalue weighted by Crippen LogP contribution is 2.26. The molecule has 0 bridgehead atoms. The van der Waals surface area contributed by atoms with Crippen LogP contribution in [0.15, 0.2) is 54.6 Å². The summed E-state index contributed by atoms with van der Waals surface area (Å²) in [4.78, 5) is 24.2. The Morgan fingerprint density at radius 3 is 2.67 bits per heavy atom. The molecule has 1 aromatic heterocycles. The van der Waals surface area contributed by atoms with E-state index in [2.05, 4.69) is 10.4 Å². The number of carbonyl (C=O) groups excluding carboxylic acids is 2. The summed E-state index contributed by atoms with van der Waals surface area (Å²) in [5, 5.41) is 7.12. The predicted molar refractivity (Wildman–Crippen MR) is 112 cm³/mol. The first-order valence-corrected chi connectivity index (χ1v) is 9.90. The van der Waals surface area contributed by atoms with Crippen LogP contribution >= 0.6 is 0 Å². The second-order valence-electron chi connectivity index (χ2n) is 7.20. The van der Waals surface area contributed by atoms with E-state index in [1.807, 2.05) is 55.5 Å². The Morgan fingerprint density at radius 1 is 1.03 bits per heavy atom. The number of amides is 1.